The van der Waals surface area contributed by atoms with Crippen LogP contribution in [-0.2, 0) is 20.2 Å². The van der Waals surface area contributed by atoms with E-state index in [2.05, 4.69) is 0 Å². The lowest BCUT2D eigenvalue weighted by molar-refractivity contribution is 0.443. The molecule has 3 fully saturated rings. The molecule has 2 aromatic rings. The van der Waals surface area contributed by atoms with Crippen LogP contribution in [0, 0.1) is 0 Å². The van der Waals surface area contributed by atoms with Gasteiger partial charge in [0.05, 0.1) is 0 Å². The van der Waals surface area contributed by atoms with Crippen molar-refractivity contribution in [1.29, 1.82) is 0 Å². The molecule has 0 heterocycles. The summed E-state index contributed by atoms with van der Waals surface area (Å²) in [7, 11) is -10.6. The van der Waals surface area contributed by atoms with Crippen LogP contribution in [0.5, 0.6) is 0 Å². The smallest absolute Gasteiger partial charge is 0.282 e. The highest BCUT2D eigenvalue weighted by molar-refractivity contribution is 7.88. The molecule has 3 saturated carbocycles. The van der Waals surface area contributed by atoms with Crippen molar-refractivity contribution in [2.24, 2.45) is 0 Å². The van der Waals surface area contributed by atoms with E-state index in [-0.39, 0.29) is 15.4 Å². The van der Waals surface area contributed by atoms with Crippen molar-refractivity contribution >= 4 is 38.8 Å². The summed E-state index contributed by atoms with van der Waals surface area (Å²) in [6, 6.07) is 10.6. The molecule has 0 saturated heterocycles. The summed E-state index contributed by atoms with van der Waals surface area (Å²) in [6.45, 7) is 0. The minimum Gasteiger partial charge on any atom is -0.282 e. The summed E-state index contributed by atoms with van der Waals surface area (Å²) in [5.41, 5.74) is 2.20. The minimum atomic E-state index is -4.55. The van der Waals surface area contributed by atoms with Crippen LogP contribution in [0.1, 0.15) is 119 Å². The first-order valence-electron chi connectivity index (χ1n) is 14.6. The van der Waals surface area contributed by atoms with E-state index in [9.17, 15) is 25.9 Å². The molecule has 2 aromatic carbocycles. The molecule has 0 amide bonds. The van der Waals surface area contributed by atoms with E-state index < -0.39 is 28.2 Å². The van der Waals surface area contributed by atoms with E-state index in [1.165, 1.54) is 25.0 Å². The zero-order chi connectivity index (χ0) is 27.6. The fourth-order valence-corrected chi connectivity index (χ4v) is 12.7. The van der Waals surface area contributed by atoms with Crippen molar-refractivity contribution in [3.05, 3.63) is 47.5 Å². The molecule has 39 heavy (non-hydrogen) atoms. The molecule has 0 radical (unpaired) electrons. The molecule has 2 N–H and O–H groups in total. The van der Waals surface area contributed by atoms with Crippen LogP contribution in [-0.4, -0.2) is 31.6 Å². The first kappa shape index (κ1) is 29.2. The molecular formula is C30H41O6PS2. The van der Waals surface area contributed by atoms with E-state index in [0.29, 0.717) is 22.4 Å². The topological polar surface area (TPSA) is 109 Å². The van der Waals surface area contributed by atoms with Crippen LogP contribution in [0.15, 0.2) is 46.2 Å². The highest BCUT2D eigenvalue weighted by Crippen LogP contribution is 2.50. The summed E-state index contributed by atoms with van der Waals surface area (Å²) in [6.07, 6.45) is 15.9. The third kappa shape index (κ3) is 6.78. The van der Waals surface area contributed by atoms with Crippen LogP contribution in [0.4, 0.5) is 0 Å². The van der Waals surface area contributed by atoms with Gasteiger partial charge in [-0.05, 0) is 99.3 Å². The monoisotopic (exact) mass is 592 g/mol. The van der Waals surface area contributed by atoms with Gasteiger partial charge in [0.25, 0.3) is 20.2 Å². The number of hydrogen-bond acceptors (Lipinski definition) is 4. The lowest BCUT2D eigenvalue weighted by Crippen LogP contribution is -2.30. The van der Waals surface area contributed by atoms with Gasteiger partial charge in [-0.25, -0.2) is 0 Å². The summed E-state index contributed by atoms with van der Waals surface area (Å²) in [5.74, 6) is 0.650. The molecule has 0 spiro atoms. The quantitative estimate of drug-likeness (QED) is 0.264. The van der Waals surface area contributed by atoms with Crippen LogP contribution in [0.2, 0.25) is 0 Å². The lowest BCUT2D eigenvalue weighted by atomic mass is 9.84. The van der Waals surface area contributed by atoms with Crippen LogP contribution in [0.25, 0.3) is 0 Å². The van der Waals surface area contributed by atoms with Crippen molar-refractivity contribution < 1.29 is 25.9 Å². The highest BCUT2D eigenvalue weighted by Gasteiger charge is 2.35. The maximum absolute atomic E-state index is 12.8. The number of rotatable bonds is 7. The molecule has 6 nitrogen and oxygen atoms in total. The summed E-state index contributed by atoms with van der Waals surface area (Å²) in [4.78, 5) is -0.244. The average molecular weight is 593 g/mol. The van der Waals surface area contributed by atoms with E-state index in [1.807, 2.05) is 24.3 Å². The predicted octanol–water partition coefficient (Wildman–Crippen LogP) is 7.04. The van der Waals surface area contributed by atoms with E-state index in [1.54, 1.807) is 0 Å². The fourth-order valence-electron chi connectivity index (χ4n) is 7.12. The fraction of sp³-hybridized carbons (Fsp3) is 0.600. The van der Waals surface area contributed by atoms with Gasteiger partial charge in [0.15, 0.2) is 0 Å². The molecule has 0 aliphatic heterocycles. The highest BCUT2D eigenvalue weighted by atomic mass is 32.2. The Kier molecular flexibility index (Phi) is 9.19. The molecule has 0 aromatic heterocycles. The van der Waals surface area contributed by atoms with Crippen molar-refractivity contribution in [2.75, 3.05) is 0 Å². The maximum Gasteiger partial charge on any atom is 0.295 e. The van der Waals surface area contributed by atoms with Gasteiger partial charge >= 0.3 is 0 Å². The lowest BCUT2D eigenvalue weighted by Gasteiger charge is -2.34. The first-order valence-corrected chi connectivity index (χ1v) is 18.9. The zero-order valence-electron chi connectivity index (χ0n) is 22.6. The van der Waals surface area contributed by atoms with Gasteiger partial charge in [0.1, 0.15) is 9.79 Å². The van der Waals surface area contributed by atoms with Gasteiger partial charge < -0.3 is 0 Å². The van der Waals surface area contributed by atoms with Gasteiger partial charge in [0, 0.05) is 10.6 Å². The van der Waals surface area contributed by atoms with Gasteiger partial charge in [-0.2, -0.15) is 16.8 Å². The molecule has 3 aliphatic carbocycles. The largest absolute Gasteiger partial charge is 0.295 e. The maximum atomic E-state index is 12.8. The normalized spacial score (nSPS) is 20.9. The van der Waals surface area contributed by atoms with E-state index in [0.717, 1.165) is 94.6 Å². The Morgan fingerprint density at radius 2 is 0.897 bits per heavy atom. The van der Waals surface area contributed by atoms with Gasteiger partial charge in [-0.1, -0.05) is 69.9 Å². The molecule has 5 rings (SSSR count). The molecular weight excluding hydrogens is 551 g/mol. The van der Waals surface area contributed by atoms with Crippen molar-refractivity contribution in [3.8, 4) is 0 Å². The second kappa shape index (κ2) is 12.3. The average Bonchev–Trinajstić information content (AvgIpc) is 2.93. The standard InChI is InChI=1S/C30H41O6PS2/c31-38(32,33)29-18-16-24(22-10-4-1-5-11-22)20-27(29)37(26-14-8-3-9-15-26)28-21-25(23-12-6-2-7-13-23)17-19-30(28)39(34,35)36/h16-23,26H,1-15H2,(H,31,32,33)(H,34,35,36). The van der Waals surface area contributed by atoms with Crippen molar-refractivity contribution in [3.63, 3.8) is 0 Å². The van der Waals surface area contributed by atoms with Gasteiger partial charge in [-0.3, -0.25) is 9.11 Å². The SMILES string of the molecule is O=S(=O)(O)c1ccc(C2CCCCC2)cc1P(c1cc(C2CCCCC2)ccc1S(=O)(=O)O)C1CCCCC1. The van der Waals surface area contributed by atoms with Crippen LogP contribution >= 0.6 is 7.92 Å². The second-order valence-electron chi connectivity index (χ2n) is 11.7. The Morgan fingerprint density at radius 3 is 1.26 bits per heavy atom. The van der Waals surface area contributed by atoms with Crippen molar-refractivity contribution in [2.45, 2.75) is 124 Å². The van der Waals surface area contributed by atoms with Crippen molar-refractivity contribution in [1.82, 2.24) is 0 Å². The van der Waals surface area contributed by atoms with Crippen LogP contribution < -0.4 is 10.6 Å². The Bertz CT molecular complexity index is 1270. The Balaban J connectivity index is 1.73. The molecule has 3 aliphatic rings. The summed E-state index contributed by atoms with van der Waals surface area (Å²) >= 11 is 0. The Hall–Kier alpha value is -1.31. The van der Waals surface area contributed by atoms with E-state index >= 15 is 0 Å². The third-order valence-electron chi connectivity index (χ3n) is 9.13. The Labute approximate surface area is 235 Å². The molecule has 214 valence electrons. The van der Waals surface area contributed by atoms with Gasteiger partial charge in [-0.15, -0.1) is 0 Å². The van der Waals surface area contributed by atoms with Crippen LogP contribution in [0.3, 0.4) is 0 Å². The molecule has 0 bridgehead atoms. The third-order valence-corrected chi connectivity index (χ3v) is 14.3. The summed E-state index contributed by atoms with van der Waals surface area (Å²) in [5, 5.41) is 1.07. The van der Waals surface area contributed by atoms with E-state index in [4.69, 9.17) is 0 Å². The summed E-state index contributed by atoms with van der Waals surface area (Å²) < 4.78 is 71.8. The number of benzene rings is 2. The molecule has 0 unspecified atom stereocenters. The molecule has 9 heteroatoms. The number of hydrogen-bond donors (Lipinski definition) is 2. The zero-order valence-corrected chi connectivity index (χ0v) is 25.1. The molecule has 0 atom stereocenters. The van der Waals surface area contributed by atoms with Gasteiger partial charge in [0.2, 0.25) is 0 Å². The minimum absolute atomic E-state index is 0.0676. The second-order valence-corrected chi connectivity index (χ2v) is 16.9. The predicted molar refractivity (Wildman–Crippen MR) is 157 cm³/mol. The Morgan fingerprint density at radius 1 is 0.538 bits per heavy atom. The first-order chi connectivity index (χ1) is 18.6.